The van der Waals surface area contributed by atoms with Crippen LogP contribution in [-0.4, -0.2) is 29.8 Å². The van der Waals surface area contributed by atoms with E-state index in [9.17, 15) is 0 Å². The molecule has 0 saturated heterocycles. The van der Waals surface area contributed by atoms with Crippen molar-refractivity contribution in [3.8, 4) is 5.75 Å². The number of hydrogen-bond donors (Lipinski definition) is 1. The van der Waals surface area contributed by atoms with Crippen molar-refractivity contribution in [3.63, 3.8) is 0 Å². The molecule has 98 valence electrons. The molecule has 0 aliphatic carbocycles. The Kier molecular flexibility index (Phi) is 3.87. The van der Waals surface area contributed by atoms with Gasteiger partial charge in [-0.1, -0.05) is 13.8 Å². The Bertz CT molecular complexity index is 533. The number of nitrogens with one attached hydrogen (secondary N) is 1. The van der Waals surface area contributed by atoms with E-state index in [-0.39, 0.29) is 0 Å². The second-order valence-corrected chi connectivity index (χ2v) is 4.59. The van der Waals surface area contributed by atoms with Gasteiger partial charge in [0.15, 0.2) is 0 Å². The van der Waals surface area contributed by atoms with E-state index in [4.69, 9.17) is 9.72 Å². The monoisotopic (exact) mass is 247 g/mol. The van der Waals surface area contributed by atoms with E-state index < -0.39 is 0 Å². The summed E-state index contributed by atoms with van der Waals surface area (Å²) in [6.07, 6.45) is 0. The number of ether oxygens (including phenoxy) is 1. The molecule has 1 atom stereocenters. The second-order valence-electron chi connectivity index (χ2n) is 4.59. The fourth-order valence-electron chi connectivity index (χ4n) is 2.22. The van der Waals surface area contributed by atoms with Gasteiger partial charge in [0.25, 0.3) is 0 Å². The highest BCUT2D eigenvalue weighted by molar-refractivity contribution is 5.77. The Morgan fingerprint density at radius 2 is 2.22 bits per heavy atom. The first-order chi connectivity index (χ1) is 8.67. The Labute approximate surface area is 108 Å². The zero-order valence-corrected chi connectivity index (χ0v) is 11.5. The summed E-state index contributed by atoms with van der Waals surface area (Å²) >= 11 is 0. The maximum Gasteiger partial charge on any atom is 0.121 e. The Hall–Kier alpha value is -1.55. The topological polar surface area (TPSA) is 39.1 Å². The summed E-state index contributed by atoms with van der Waals surface area (Å²) < 4.78 is 7.40. The van der Waals surface area contributed by atoms with Gasteiger partial charge in [-0.15, -0.1) is 0 Å². The molecule has 0 amide bonds. The van der Waals surface area contributed by atoms with Crippen LogP contribution in [0.3, 0.4) is 0 Å². The number of imidazole rings is 1. The molecule has 2 aromatic rings. The quantitative estimate of drug-likeness (QED) is 0.881. The van der Waals surface area contributed by atoms with Crippen LogP contribution in [0.2, 0.25) is 0 Å². The number of aryl methyl sites for hydroxylation is 1. The molecule has 0 radical (unpaired) electrons. The minimum absolute atomic E-state index is 0.397. The van der Waals surface area contributed by atoms with E-state index in [0.717, 1.165) is 35.7 Å². The Morgan fingerprint density at radius 3 is 2.89 bits per heavy atom. The highest BCUT2D eigenvalue weighted by Gasteiger charge is 2.14. The van der Waals surface area contributed by atoms with E-state index in [0.29, 0.717) is 5.92 Å². The lowest BCUT2D eigenvalue weighted by Crippen LogP contribution is -2.21. The summed E-state index contributed by atoms with van der Waals surface area (Å²) in [6.45, 7) is 6.25. The molecule has 1 aromatic carbocycles. The van der Waals surface area contributed by atoms with Crippen molar-refractivity contribution >= 4 is 11.0 Å². The third-order valence-corrected chi connectivity index (χ3v) is 3.26. The van der Waals surface area contributed by atoms with E-state index >= 15 is 0 Å². The van der Waals surface area contributed by atoms with Gasteiger partial charge in [-0.3, -0.25) is 0 Å². The van der Waals surface area contributed by atoms with Crippen LogP contribution in [-0.2, 0) is 7.05 Å². The molecule has 4 nitrogen and oxygen atoms in total. The first-order valence-electron chi connectivity index (χ1n) is 6.38. The standard InChI is InChI=1S/C14H21N3O/c1-5-15-9-10(2)14-16-12-8-11(18-4)6-7-13(12)17(14)3/h6-8,10,15H,5,9H2,1-4H3. The van der Waals surface area contributed by atoms with Gasteiger partial charge in [0, 0.05) is 25.6 Å². The lowest BCUT2D eigenvalue weighted by molar-refractivity contribution is 0.415. The van der Waals surface area contributed by atoms with Gasteiger partial charge in [0.2, 0.25) is 0 Å². The van der Waals surface area contributed by atoms with Gasteiger partial charge < -0.3 is 14.6 Å². The zero-order valence-electron chi connectivity index (χ0n) is 11.5. The lowest BCUT2D eigenvalue weighted by Gasteiger charge is -2.11. The molecule has 0 fully saturated rings. The van der Waals surface area contributed by atoms with Crippen LogP contribution in [0.5, 0.6) is 5.75 Å². The largest absolute Gasteiger partial charge is 0.497 e. The fraction of sp³-hybridized carbons (Fsp3) is 0.500. The fourth-order valence-corrected chi connectivity index (χ4v) is 2.22. The van der Waals surface area contributed by atoms with Crippen molar-refractivity contribution in [1.82, 2.24) is 14.9 Å². The minimum Gasteiger partial charge on any atom is -0.497 e. The van der Waals surface area contributed by atoms with Gasteiger partial charge in [-0.2, -0.15) is 0 Å². The second kappa shape index (κ2) is 5.40. The molecule has 1 unspecified atom stereocenters. The van der Waals surface area contributed by atoms with Gasteiger partial charge in [-0.05, 0) is 18.7 Å². The highest BCUT2D eigenvalue weighted by atomic mass is 16.5. The van der Waals surface area contributed by atoms with Crippen molar-refractivity contribution in [2.75, 3.05) is 20.2 Å². The molecule has 0 spiro atoms. The van der Waals surface area contributed by atoms with E-state index in [2.05, 4.69) is 36.8 Å². The Balaban J connectivity index is 2.37. The smallest absolute Gasteiger partial charge is 0.121 e. The number of rotatable bonds is 5. The molecule has 0 saturated carbocycles. The van der Waals surface area contributed by atoms with E-state index in [1.54, 1.807) is 7.11 Å². The number of nitrogens with zero attached hydrogens (tertiary/aromatic N) is 2. The average molecular weight is 247 g/mol. The molecule has 2 rings (SSSR count). The maximum absolute atomic E-state index is 5.24. The van der Waals surface area contributed by atoms with Gasteiger partial charge in [0.05, 0.1) is 18.1 Å². The molecule has 1 aromatic heterocycles. The minimum atomic E-state index is 0.397. The van der Waals surface area contributed by atoms with Crippen molar-refractivity contribution in [2.24, 2.45) is 7.05 Å². The summed E-state index contributed by atoms with van der Waals surface area (Å²) in [7, 11) is 3.75. The van der Waals surface area contributed by atoms with Crippen LogP contribution in [0.25, 0.3) is 11.0 Å². The van der Waals surface area contributed by atoms with Crippen molar-refractivity contribution < 1.29 is 4.74 Å². The van der Waals surface area contributed by atoms with E-state index in [1.807, 2.05) is 12.1 Å². The van der Waals surface area contributed by atoms with Crippen molar-refractivity contribution in [1.29, 1.82) is 0 Å². The summed E-state index contributed by atoms with van der Waals surface area (Å²) in [4.78, 5) is 4.72. The SMILES string of the molecule is CCNCC(C)c1nc2cc(OC)ccc2n1C. The predicted molar refractivity (Wildman–Crippen MR) is 74.2 cm³/mol. The Morgan fingerprint density at radius 1 is 1.44 bits per heavy atom. The van der Waals surface area contributed by atoms with Crippen LogP contribution >= 0.6 is 0 Å². The number of benzene rings is 1. The summed E-state index contributed by atoms with van der Waals surface area (Å²) in [5.41, 5.74) is 2.14. The van der Waals surface area contributed by atoms with Gasteiger partial charge in [-0.25, -0.2) is 4.98 Å². The zero-order chi connectivity index (χ0) is 13.1. The van der Waals surface area contributed by atoms with Crippen LogP contribution < -0.4 is 10.1 Å². The van der Waals surface area contributed by atoms with Crippen LogP contribution in [0.4, 0.5) is 0 Å². The normalized spacial score (nSPS) is 12.9. The molecule has 18 heavy (non-hydrogen) atoms. The molecular weight excluding hydrogens is 226 g/mol. The molecular formula is C14H21N3O. The molecule has 0 aliphatic heterocycles. The molecule has 1 heterocycles. The van der Waals surface area contributed by atoms with Gasteiger partial charge >= 0.3 is 0 Å². The molecule has 1 N–H and O–H groups in total. The third kappa shape index (κ3) is 2.34. The van der Waals surface area contributed by atoms with Crippen molar-refractivity contribution in [3.05, 3.63) is 24.0 Å². The van der Waals surface area contributed by atoms with Gasteiger partial charge in [0.1, 0.15) is 11.6 Å². The van der Waals surface area contributed by atoms with Crippen LogP contribution in [0.15, 0.2) is 18.2 Å². The van der Waals surface area contributed by atoms with E-state index in [1.165, 1.54) is 0 Å². The first kappa shape index (κ1) is 12.9. The van der Waals surface area contributed by atoms with Crippen LogP contribution in [0.1, 0.15) is 25.6 Å². The molecule has 4 heteroatoms. The molecule has 0 bridgehead atoms. The number of likely N-dealkylation sites (N-methyl/N-ethyl adjacent to an activating group) is 1. The molecule has 0 aliphatic rings. The lowest BCUT2D eigenvalue weighted by atomic mass is 10.1. The summed E-state index contributed by atoms with van der Waals surface area (Å²) in [6, 6.07) is 6.02. The first-order valence-corrected chi connectivity index (χ1v) is 6.38. The number of aromatic nitrogens is 2. The third-order valence-electron chi connectivity index (χ3n) is 3.26. The van der Waals surface area contributed by atoms with Crippen LogP contribution in [0, 0.1) is 0 Å². The number of hydrogen-bond acceptors (Lipinski definition) is 3. The number of fused-ring (bicyclic) bond motifs is 1. The highest BCUT2D eigenvalue weighted by Crippen LogP contribution is 2.24. The van der Waals surface area contributed by atoms with Crippen molar-refractivity contribution in [2.45, 2.75) is 19.8 Å². The summed E-state index contributed by atoms with van der Waals surface area (Å²) in [5, 5.41) is 3.36. The number of methoxy groups -OCH3 is 1. The predicted octanol–water partition coefficient (Wildman–Crippen LogP) is 2.29. The maximum atomic E-state index is 5.24. The average Bonchev–Trinajstić information content (AvgIpc) is 2.72. The summed E-state index contributed by atoms with van der Waals surface area (Å²) in [5.74, 6) is 2.36.